The number of hydrogen-bond donors (Lipinski definition) is 0. The molecule has 1 aromatic heterocycles. The summed E-state index contributed by atoms with van der Waals surface area (Å²) >= 11 is 0. The lowest BCUT2D eigenvalue weighted by Gasteiger charge is -1.89. The summed E-state index contributed by atoms with van der Waals surface area (Å²) in [5.41, 5.74) is 0.965. The van der Waals surface area contributed by atoms with Crippen LogP contribution in [0.4, 0.5) is 0 Å². The van der Waals surface area contributed by atoms with E-state index >= 15 is 0 Å². The molecule has 1 aromatic carbocycles. The minimum absolute atomic E-state index is 0.534. The lowest BCUT2D eigenvalue weighted by Crippen LogP contribution is -1.78. The minimum Gasteiger partial charge on any atom is -0.334 e. The zero-order chi connectivity index (χ0) is 9.80. The van der Waals surface area contributed by atoms with E-state index in [1.165, 1.54) is 0 Å². The quantitative estimate of drug-likeness (QED) is 0.723. The summed E-state index contributed by atoms with van der Waals surface area (Å²) in [6.45, 7) is 1.91. The van der Waals surface area contributed by atoms with Gasteiger partial charge in [-0.1, -0.05) is 41.6 Å². The zero-order valence-corrected chi connectivity index (χ0v) is 7.84. The third kappa shape index (κ3) is 1.71. The van der Waals surface area contributed by atoms with Crippen molar-refractivity contribution in [3.63, 3.8) is 0 Å². The topological polar surface area (TPSA) is 38.9 Å². The van der Waals surface area contributed by atoms with Crippen LogP contribution in [-0.2, 0) is 0 Å². The summed E-state index contributed by atoms with van der Waals surface area (Å²) in [6, 6.07) is 9.74. The van der Waals surface area contributed by atoms with Crippen molar-refractivity contribution in [1.82, 2.24) is 10.1 Å². The smallest absolute Gasteiger partial charge is 0.250 e. The fourth-order valence-electron chi connectivity index (χ4n) is 1.15. The predicted molar refractivity (Wildman–Crippen MR) is 54.4 cm³/mol. The molecule has 1 heterocycles. The largest absolute Gasteiger partial charge is 0.334 e. The van der Waals surface area contributed by atoms with Crippen LogP contribution < -0.4 is 0 Å². The Kier molecular flexibility index (Phi) is 2.40. The van der Waals surface area contributed by atoms with Crippen molar-refractivity contribution in [3.8, 4) is 11.4 Å². The predicted octanol–water partition coefficient (Wildman–Crippen LogP) is 2.77. The third-order valence-corrected chi connectivity index (χ3v) is 1.78. The molecule has 0 saturated carbocycles. The van der Waals surface area contributed by atoms with Crippen molar-refractivity contribution in [2.24, 2.45) is 0 Å². The molecule has 2 aromatic rings. The van der Waals surface area contributed by atoms with E-state index in [1.54, 1.807) is 6.08 Å². The van der Waals surface area contributed by atoms with Crippen molar-refractivity contribution < 1.29 is 4.52 Å². The van der Waals surface area contributed by atoms with Gasteiger partial charge in [-0.3, -0.25) is 0 Å². The first-order valence-corrected chi connectivity index (χ1v) is 4.42. The molecule has 0 spiro atoms. The van der Waals surface area contributed by atoms with Crippen LogP contribution in [0.2, 0.25) is 0 Å². The van der Waals surface area contributed by atoms with Gasteiger partial charge in [0.25, 0.3) is 5.89 Å². The SMILES string of the molecule is C/C=C/c1nc(-c2ccccc2)no1. The average molecular weight is 186 g/mol. The highest BCUT2D eigenvalue weighted by Crippen LogP contribution is 2.14. The zero-order valence-electron chi connectivity index (χ0n) is 7.84. The van der Waals surface area contributed by atoms with Crippen molar-refractivity contribution >= 4 is 6.08 Å². The average Bonchev–Trinajstić information content (AvgIpc) is 2.68. The highest BCUT2D eigenvalue weighted by Gasteiger charge is 2.04. The van der Waals surface area contributed by atoms with Gasteiger partial charge in [0, 0.05) is 5.56 Å². The summed E-state index contributed by atoms with van der Waals surface area (Å²) in [7, 11) is 0. The Bertz CT molecular complexity index is 432. The Morgan fingerprint density at radius 3 is 2.71 bits per heavy atom. The van der Waals surface area contributed by atoms with Gasteiger partial charge < -0.3 is 4.52 Å². The Labute approximate surface area is 82.1 Å². The van der Waals surface area contributed by atoms with Crippen LogP contribution in [0.25, 0.3) is 17.5 Å². The number of hydrogen-bond acceptors (Lipinski definition) is 3. The molecular weight excluding hydrogens is 176 g/mol. The fraction of sp³-hybridized carbons (Fsp3) is 0.0909. The van der Waals surface area contributed by atoms with Crippen LogP contribution >= 0.6 is 0 Å². The molecule has 0 fully saturated rings. The van der Waals surface area contributed by atoms with Gasteiger partial charge in [-0.2, -0.15) is 4.98 Å². The lowest BCUT2D eigenvalue weighted by atomic mass is 10.2. The maximum Gasteiger partial charge on any atom is 0.250 e. The molecule has 0 saturated heterocycles. The van der Waals surface area contributed by atoms with Gasteiger partial charge in [0.2, 0.25) is 5.82 Å². The maximum absolute atomic E-state index is 5.01. The van der Waals surface area contributed by atoms with Crippen LogP contribution in [-0.4, -0.2) is 10.1 Å². The van der Waals surface area contributed by atoms with Gasteiger partial charge in [0.1, 0.15) is 0 Å². The number of benzene rings is 1. The first-order chi connectivity index (χ1) is 6.90. The number of rotatable bonds is 2. The molecule has 0 bridgehead atoms. The van der Waals surface area contributed by atoms with E-state index in [0.717, 1.165) is 5.56 Å². The maximum atomic E-state index is 5.01. The van der Waals surface area contributed by atoms with Gasteiger partial charge in [-0.25, -0.2) is 0 Å². The summed E-state index contributed by atoms with van der Waals surface area (Å²) in [5, 5.41) is 3.87. The molecule has 0 N–H and O–H groups in total. The van der Waals surface area contributed by atoms with E-state index in [4.69, 9.17) is 4.52 Å². The molecule has 0 amide bonds. The van der Waals surface area contributed by atoms with Crippen LogP contribution in [0.5, 0.6) is 0 Å². The van der Waals surface area contributed by atoms with Crippen LogP contribution in [0.1, 0.15) is 12.8 Å². The van der Waals surface area contributed by atoms with Gasteiger partial charge in [0.05, 0.1) is 0 Å². The minimum atomic E-state index is 0.534. The second kappa shape index (κ2) is 3.87. The Hall–Kier alpha value is -1.90. The Morgan fingerprint density at radius 1 is 1.21 bits per heavy atom. The fourth-order valence-corrected chi connectivity index (χ4v) is 1.15. The highest BCUT2D eigenvalue weighted by atomic mass is 16.5. The van der Waals surface area contributed by atoms with Gasteiger partial charge >= 0.3 is 0 Å². The second-order valence-corrected chi connectivity index (χ2v) is 2.82. The molecule has 0 aliphatic carbocycles. The standard InChI is InChI=1S/C11H10N2O/c1-2-6-10-12-11(13-14-10)9-7-4-3-5-8-9/h2-8H,1H3/b6-2+. The Balaban J connectivity index is 2.34. The van der Waals surface area contributed by atoms with Crippen LogP contribution in [0.3, 0.4) is 0 Å². The molecule has 2 rings (SSSR count). The molecule has 14 heavy (non-hydrogen) atoms. The number of nitrogens with zero attached hydrogens (tertiary/aromatic N) is 2. The summed E-state index contributed by atoms with van der Waals surface area (Å²) in [6.07, 6.45) is 3.64. The van der Waals surface area contributed by atoms with Crippen LogP contribution in [0, 0.1) is 0 Å². The molecule has 0 aliphatic rings. The third-order valence-electron chi connectivity index (χ3n) is 1.78. The molecule has 3 heteroatoms. The van der Waals surface area contributed by atoms with E-state index < -0.39 is 0 Å². The molecule has 0 aliphatic heterocycles. The summed E-state index contributed by atoms with van der Waals surface area (Å²) in [4.78, 5) is 4.21. The molecule has 3 nitrogen and oxygen atoms in total. The van der Waals surface area contributed by atoms with E-state index in [-0.39, 0.29) is 0 Å². The van der Waals surface area contributed by atoms with Gasteiger partial charge in [-0.15, -0.1) is 0 Å². The van der Waals surface area contributed by atoms with Crippen molar-refractivity contribution in [2.75, 3.05) is 0 Å². The van der Waals surface area contributed by atoms with Gasteiger partial charge in [0.15, 0.2) is 0 Å². The number of aromatic nitrogens is 2. The van der Waals surface area contributed by atoms with Crippen molar-refractivity contribution in [2.45, 2.75) is 6.92 Å². The molecule has 70 valence electrons. The normalized spacial score (nSPS) is 10.9. The first-order valence-electron chi connectivity index (χ1n) is 4.42. The lowest BCUT2D eigenvalue weighted by molar-refractivity contribution is 0.411. The van der Waals surface area contributed by atoms with Crippen molar-refractivity contribution in [1.29, 1.82) is 0 Å². The number of allylic oxidation sites excluding steroid dienone is 1. The van der Waals surface area contributed by atoms with E-state index in [0.29, 0.717) is 11.7 Å². The second-order valence-electron chi connectivity index (χ2n) is 2.82. The molecular formula is C11H10N2O. The van der Waals surface area contributed by atoms with Crippen LogP contribution in [0.15, 0.2) is 40.9 Å². The highest BCUT2D eigenvalue weighted by molar-refractivity contribution is 5.55. The van der Waals surface area contributed by atoms with E-state index in [2.05, 4.69) is 10.1 Å². The van der Waals surface area contributed by atoms with Crippen molar-refractivity contribution in [3.05, 3.63) is 42.3 Å². The first kappa shape index (κ1) is 8.69. The molecule has 0 radical (unpaired) electrons. The summed E-state index contributed by atoms with van der Waals surface area (Å²) in [5.74, 6) is 1.16. The van der Waals surface area contributed by atoms with E-state index in [9.17, 15) is 0 Å². The van der Waals surface area contributed by atoms with Gasteiger partial charge in [-0.05, 0) is 13.0 Å². The monoisotopic (exact) mass is 186 g/mol. The Morgan fingerprint density at radius 2 is 2.00 bits per heavy atom. The molecule has 0 unspecified atom stereocenters. The summed E-state index contributed by atoms with van der Waals surface area (Å²) < 4.78 is 5.01. The molecule has 0 atom stereocenters. The van der Waals surface area contributed by atoms with E-state index in [1.807, 2.05) is 43.3 Å².